The lowest BCUT2D eigenvalue weighted by molar-refractivity contribution is 0.489. The smallest absolute Gasteiger partial charge is 0.0857 e. The fraction of sp³-hybridized carbons (Fsp3) is 0.400. The highest BCUT2D eigenvalue weighted by molar-refractivity contribution is 5.41. The van der Waals surface area contributed by atoms with Crippen molar-refractivity contribution in [2.45, 2.75) is 39.2 Å². The van der Waals surface area contributed by atoms with Crippen LogP contribution in [-0.4, -0.2) is 6.54 Å². The van der Waals surface area contributed by atoms with Gasteiger partial charge < -0.3 is 5.32 Å². The van der Waals surface area contributed by atoms with Crippen molar-refractivity contribution in [2.24, 2.45) is 16.1 Å². The summed E-state index contributed by atoms with van der Waals surface area (Å²) in [5.41, 5.74) is 4.32. The molecular formula is C20H25N3. The van der Waals surface area contributed by atoms with E-state index in [0.29, 0.717) is 0 Å². The summed E-state index contributed by atoms with van der Waals surface area (Å²) in [6.07, 6.45) is 5.61. The molecule has 0 spiro atoms. The number of rotatable bonds is 6. The molecular weight excluding hydrogens is 282 g/mol. The zero-order chi connectivity index (χ0) is 15.9. The van der Waals surface area contributed by atoms with Gasteiger partial charge in [0.25, 0.3) is 0 Å². The van der Waals surface area contributed by atoms with Gasteiger partial charge >= 0.3 is 0 Å². The quantitative estimate of drug-likeness (QED) is 0.684. The molecule has 1 saturated carbocycles. The van der Waals surface area contributed by atoms with Gasteiger partial charge in [0.05, 0.1) is 11.4 Å². The minimum absolute atomic E-state index is 0.887. The monoisotopic (exact) mass is 307 g/mol. The van der Waals surface area contributed by atoms with Crippen molar-refractivity contribution in [3.8, 4) is 0 Å². The van der Waals surface area contributed by atoms with Crippen LogP contribution in [0.5, 0.6) is 0 Å². The molecule has 0 saturated heterocycles. The summed E-state index contributed by atoms with van der Waals surface area (Å²) in [5, 5.41) is 12.1. The molecule has 3 rings (SSSR count). The van der Waals surface area contributed by atoms with E-state index in [1.165, 1.54) is 36.8 Å². The Kier molecular flexibility index (Phi) is 5.54. The van der Waals surface area contributed by atoms with Gasteiger partial charge in [-0.1, -0.05) is 42.7 Å². The van der Waals surface area contributed by atoms with E-state index < -0.39 is 0 Å². The highest BCUT2D eigenvalue weighted by Gasteiger charge is 2.13. The zero-order valence-corrected chi connectivity index (χ0v) is 13.8. The van der Waals surface area contributed by atoms with Gasteiger partial charge in [-0.25, -0.2) is 0 Å². The van der Waals surface area contributed by atoms with Gasteiger partial charge in [0.2, 0.25) is 0 Å². The first-order chi connectivity index (χ1) is 11.3. The van der Waals surface area contributed by atoms with Crippen molar-refractivity contribution in [3.05, 3.63) is 59.7 Å². The van der Waals surface area contributed by atoms with Crippen LogP contribution in [0.4, 0.5) is 11.4 Å². The van der Waals surface area contributed by atoms with Crippen LogP contribution in [0.3, 0.4) is 0 Å². The molecule has 1 N–H and O–H groups in total. The summed E-state index contributed by atoms with van der Waals surface area (Å²) in [6.45, 7) is 4.15. The van der Waals surface area contributed by atoms with Crippen molar-refractivity contribution >= 4 is 11.4 Å². The lowest BCUT2D eigenvalue weighted by atomic mass is 10.1. The third kappa shape index (κ3) is 5.00. The summed E-state index contributed by atoms with van der Waals surface area (Å²) < 4.78 is 0. The summed E-state index contributed by atoms with van der Waals surface area (Å²) in [4.78, 5) is 0. The molecule has 3 nitrogen and oxygen atoms in total. The summed E-state index contributed by atoms with van der Waals surface area (Å²) in [5.74, 6) is 0.887. The van der Waals surface area contributed by atoms with Crippen molar-refractivity contribution in [1.82, 2.24) is 5.32 Å². The Morgan fingerprint density at radius 2 is 1.43 bits per heavy atom. The second-order valence-corrected chi connectivity index (χ2v) is 6.48. The summed E-state index contributed by atoms with van der Waals surface area (Å²) >= 11 is 0. The third-order valence-electron chi connectivity index (χ3n) is 4.49. The van der Waals surface area contributed by atoms with E-state index in [1.807, 2.05) is 36.4 Å². The molecule has 1 fully saturated rings. The lowest BCUT2D eigenvalue weighted by Gasteiger charge is -2.10. The molecule has 0 unspecified atom stereocenters. The van der Waals surface area contributed by atoms with Crippen molar-refractivity contribution in [1.29, 1.82) is 0 Å². The number of aryl methyl sites for hydroxylation is 1. The predicted molar refractivity (Wildman–Crippen MR) is 95.5 cm³/mol. The van der Waals surface area contributed by atoms with Crippen LogP contribution in [-0.2, 0) is 6.54 Å². The first kappa shape index (κ1) is 15.9. The predicted octanol–water partition coefficient (Wildman–Crippen LogP) is 5.69. The molecule has 120 valence electrons. The molecule has 0 aromatic heterocycles. The molecule has 3 heteroatoms. The lowest BCUT2D eigenvalue weighted by Crippen LogP contribution is -2.20. The molecule has 0 aliphatic heterocycles. The SMILES string of the molecule is Cc1ccc(N=Nc2ccc(CNCC3CCCC3)cc2)cc1. The number of hydrogen-bond donors (Lipinski definition) is 1. The van der Waals surface area contributed by atoms with E-state index in [-0.39, 0.29) is 0 Å². The fourth-order valence-electron chi connectivity index (χ4n) is 3.04. The molecule has 23 heavy (non-hydrogen) atoms. The number of nitrogens with one attached hydrogen (secondary N) is 1. The standard InChI is InChI=1S/C20H25N3/c1-16-6-10-19(11-7-16)22-23-20-12-8-18(9-13-20)15-21-14-17-4-2-3-5-17/h6-13,17,21H,2-5,14-15H2,1H3. The van der Waals surface area contributed by atoms with Crippen LogP contribution in [0.1, 0.15) is 36.8 Å². The van der Waals surface area contributed by atoms with Gasteiger partial charge in [-0.3, -0.25) is 0 Å². The van der Waals surface area contributed by atoms with E-state index >= 15 is 0 Å². The normalized spacial score (nSPS) is 15.5. The third-order valence-corrected chi connectivity index (χ3v) is 4.49. The molecule has 0 bridgehead atoms. The maximum absolute atomic E-state index is 4.30. The van der Waals surface area contributed by atoms with Gasteiger partial charge in [-0.05, 0) is 62.1 Å². The number of hydrogen-bond acceptors (Lipinski definition) is 3. The van der Waals surface area contributed by atoms with E-state index in [0.717, 1.165) is 30.4 Å². The van der Waals surface area contributed by atoms with Crippen molar-refractivity contribution in [2.75, 3.05) is 6.54 Å². The largest absolute Gasteiger partial charge is 0.312 e. The minimum atomic E-state index is 0.887. The number of benzene rings is 2. The second-order valence-electron chi connectivity index (χ2n) is 6.48. The second kappa shape index (κ2) is 8.02. The Hall–Kier alpha value is -2.00. The first-order valence-corrected chi connectivity index (χ1v) is 8.58. The van der Waals surface area contributed by atoms with Gasteiger partial charge in [0, 0.05) is 6.54 Å². The number of azo groups is 1. The molecule has 2 aromatic rings. The molecule has 1 aliphatic carbocycles. The highest BCUT2D eigenvalue weighted by Crippen LogP contribution is 2.24. The van der Waals surface area contributed by atoms with Gasteiger partial charge in [0.1, 0.15) is 0 Å². The van der Waals surface area contributed by atoms with E-state index in [2.05, 4.69) is 34.6 Å². The van der Waals surface area contributed by atoms with Crippen LogP contribution in [0.25, 0.3) is 0 Å². The molecule has 0 atom stereocenters. The van der Waals surface area contributed by atoms with E-state index in [1.54, 1.807) is 0 Å². The van der Waals surface area contributed by atoms with Gasteiger partial charge in [-0.15, -0.1) is 0 Å². The van der Waals surface area contributed by atoms with Crippen LogP contribution >= 0.6 is 0 Å². The first-order valence-electron chi connectivity index (χ1n) is 8.58. The van der Waals surface area contributed by atoms with Crippen LogP contribution < -0.4 is 5.32 Å². The molecule has 2 aromatic carbocycles. The molecule has 0 heterocycles. The molecule has 0 amide bonds. The molecule has 0 radical (unpaired) electrons. The highest BCUT2D eigenvalue weighted by atomic mass is 15.1. The average molecular weight is 307 g/mol. The molecule has 1 aliphatic rings. The zero-order valence-electron chi connectivity index (χ0n) is 13.8. The van der Waals surface area contributed by atoms with Crippen LogP contribution in [0, 0.1) is 12.8 Å². The van der Waals surface area contributed by atoms with E-state index in [9.17, 15) is 0 Å². The summed E-state index contributed by atoms with van der Waals surface area (Å²) in [7, 11) is 0. The Balaban J connectivity index is 1.49. The Labute approximate surface area is 138 Å². The Morgan fingerprint density at radius 1 is 0.870 bits per heavy atom. The van der Waals surface area contributed by atoms with Crippen LogP contribution in [0.2, 0.25) is 0 Å². The Bertz CT molecular complexity index is 623. The maximum atomic E-state index is 4.30. The fourth-order valence-corrected chi connectivity index (χ4v) is 3.04. The van der Waals surface area contributed by atoms with Gasteiger partial charge in [0.15, 0.2) is 0 Å². The number of nitrogens with zero attached hydrogens (tertiary/aromatic N) is 2. The average Bonchev–Trinajstić information content (AvgIpc) is 3.09. The summed E-state index contributed by atoms with van der Waals surface area (Å²) in [6, 6.07) is 16.4. The topological polar surface area (TPSA) is 36.8 Å². The minimum Gasteiger partial charge on any atom is -0.312 e. The Morgan fingerprint density at radius 3 is 2.04 bits per heavy atom. The maximum Gasteiger partial charge on any atom is 0.0857 e. The van der Waals surface area contributed by atoms with Crippen LogP contribution in [0.15, 0.2) is 58.8 Å². The van der Waals surface area contributed by atoms with Crippen molar-refractivity contribution in [3.63, 3.8) is 0 Å². The van der Waals surface area contributed by atoms with Crippen molar-refractivity contribution < 1.29 is 0 Å². The van der Waals surface area contributed by atoms with Gasteiger partial charge in [-0.2, -0.15) is 10.2 Å². The van der Waals surface area contributed by atoms with E-state index in [4.69, 9.17) is 0 Å².